The number of aromatic nitrogens is 2. The number of hydrogen-bond donors (Lipinski definition) is 1. The van der Waals surface area contributed by atoms with Crippen molar-refractivity contribution in [3.05, 3.63) is 47.5 Å². The zero-order valence-electron chi connectivity index (χ0n) is 9.75. The lowest BCUT2D eigenvalue weighted by Crippen LogP contribution is -2.12. The number of rotatable bonds is 4. The van der Waals surface area contributed by atoms with Crippen molar-refractivity contribution < 1.29 is 13.2 Å². The number of nitrogens with zero attached hydrogens (tertiary/aromatic N) is 2. The molecule has 3 nitrogen and oxygen atoms in total. The largest absolute Gasteiger partial charge is 0.311 e. The van der Waals surface area contributed by atoms with Crippen LogP contribution in [-0.2, 0) is 6.54 Å². The summed E-state index contributed by atoms with van der Waals surface area (Å²) in [5.74, 6) is -3.17. The van der Waals surface area contributed by atoms with Gasteiger partial charge < -0.3 is 5.32 Å². The lowest BCUT2D eigenvalue weighted by molar-refractivity contribution is 0.491. The van der Waals surface area contributed by atoms with E-state index >= 15 is 0 Å². The molecule has 0 aliphatic heterocycles. The Morgan fingerprint density at radius 3 is 2.61 bits per heavy atom. The smallest absolute Gasteiger partial charge is 0.161 e. The Morgan fingerprint density at radius 2 is 1.89 bits per heavy atom. The second-order valence-electron chi connectivity index (χ2n) is 3.75. The summed E-state index contributed by atoms with van der Waals surface area (Å²) < 4.78 is 40.5. The van der Waals surface area contributed by atoms with Gasteiger partial charge in [-0.25, -0.2) is 17.9 Å². The molecule has 1 heterocycles. The Bertz CT molecular complexity index is 551. The molecule has 0 saturated heterocycles. The third kappa shape index (κ3) is 2.53. The summed E-state index contributed by atoms with van der Waals surface area (Å²) >= 11 is 0. The molecule has 1 aromatic carbocycles. The quantitative estimate of drug-likeness (QED) is 0.850. The highest BCUT2D eigenvalue weighted by Crippen LogP contribution is 2.17. The molecule has 0 saturated carbocycles. The minimum atomic E-state index is -1.21. The van der Waals surface area contributed by atoms with Gasteiger partial charge in [-0.05, 0) is 12.6 Å². The van der Waals surface area contributed by atoms with E-state index in [9.17, 15) is 13.2 Å². The average Bonchev–Trinajstić information content (AvgIpc) is 2.79. The summed E-state index contributed by atoms with van der Waals surface area (Å²) in [6.45, 7) is 3.27. The van der Waals surface area contributed by atoms with Crippen LogP contribution in [-0.4, -0.2) is 16.3 Å². The molecule has 18 heavy (non-hydrogen) atoms. The molecule has 0 amide bonds. The Balaban J connectivity index is 2.31. The fraction of sp³-hybridized carbons (Fsp3) is 0.250. The summed E-state index contributed by atoms with van der Waals surface area (Å²) in [6, 6.07) is 2.98. The lowest BCUT2D eigenvalue weighted by Gasteiger charge is -2.04. The van der Waals surface area contributed by atoms with Gasteiger partial charge in [0.2, 0.25) is 0 Å². The van der Waals surface area contributed by atoms with Crippen LogP contribution >= 0.6 is 0 Å². The van der Waals surface area contributed by atoms with Crippen molar-refractivity contribution in [3.8, 4) is 5.69 Å². The van der Waals surface area contributed by atoms with Crippen molar-refractivity contribution in [1.82, 2.24) is 15.1 Å². The van der Waals surface area contributed by atoms with Gasteiger partial charge in [0, 0.05) is 24.9 Å². The van der Waals surface area contributed by atoms with Crippen molar-refractivity contribution in [2.24, 2.45) is 0 Å². The van der Waals surface area contributed by atoms with Crippen LogP contribution in [0.1, 0.15) is 12.6 Å². The molecule has 0 fully saturated rings. The van der Waals surface area contributed by atoms with Crippen LogP contribution < -0.4 is 5.32 Å². The maximum Gasteiger partial charge on any atom is 0.161 e. The second-order valence-corrected chi connectivity index (χ2v) is 3.75. The zero-order valence-corrected chi connectivity index (χ0v) is 9.75. The predicted octanol–water partition coefficient (Wildman–Crippen LogP) is 2.40. The molecule has 1 N–H and O–H groups in total. The van der Waals surface area contributed by atoms with E-state index in [2.05, 4.69) is 10.4 Å². The molecule has 0 aliphatic carbocycles. The van der Waals surface area contributed by atoms with Gasteiger partial charge in [-0.1, -0.05) is 6.92 Å². The van der Waals surface area contributed by atoms with Gasteiger partial charge in [0.05, 0.1) is 5.69 Å². The SMILES string of the molecule is CCNCc1ccn(-c2cc(F)c(F)cc2F)n1. The van der Waals surface area contributed by atoms with Crippen molar-refractivity contribution >= 4 is 0 Å². The molecule has 0 atom stereocenters. The van der Waals surface area contributed by atoms with Crippen LogP contribution in [0.4, 0.5) is 13.2 Å². The monoisotopic (exact) mass is 255 g/mol. The summed E-state index contributed by atoms with van der Waals surface area (Å²) in [6.07, 6.45) is 1.50. The number of halogens is 3. The molecular weight excluding hydrogens is 243 g/mol. The van der Waals surface area contributed by atoms with Crippen molar-refractivity contribution in [2.45, 2.75) is 13.5 Å². The zero-order chi connectivity index (χ0) is 13.1. The van der Waals surface area contributed by atoms with E-state index in [1.807, 2.05) is 6.92 Å². The Morgan fingerprint density at radius 1 is 1.17 bits per heavy atom. The fourth-order valence-corrected chi connectivity index (χ4v) is 1.53. The summed E-state index contributed by atoms with van der Waals surface area (Å²) in [7, 11) is 0. The van der Waals surface area contributed by atoms with E-state index in [1.165, 1.54) is 10.9 Å². The molecular formula is C12H12F3N3. The Kier molecular flexibility index (Phi) is 3.66. The number of nitrogens with one attached hydrogen (secondary N) is 1. The van der Waals surface area contributed by atoms with Gasteiger partial charge >= 0.3 is 0 Å². The number of benzene rings is 1. The summed E-state index contributed by atoms with van der Waals surface area (Å²) in [5.41, 5.74) is 0.581. The maximum atomic E-state index is 13.5. The van der Waals surface area contributed by atoms with Gasteiger partial charge in [0.1, 0.15) is 5.69 Å². The maximum absolute atomic E-state index is 13.5. The van der Waals surface area contributed by atoms with E-state index in [4.69, 9.17) is 0 Å². The minimum Gasteiger partial charge on any atom is -0.311 e. The molecule has 0 unspecified atom stereocenters. The Hall–Kier alpha value is -1.82. The first-order valence-corrected chi connectivity index (χ1v) is 5.52. The summed E-state index contributed by atoms with van der Waals surface area (Å²) in [4.78, 5) is 0. The highest BCUT2D eigenvalue weighted by Gasteiger charge is 2.12. The molecule has 6 heteroatoms. The molecule has 0 radical (unpaired) electrons. The number of hydrogen-bond acceptors (Lipinski definition) is 2. The molecule has 2 aromatic rings. The van der Waals surface area contributed by atoms with Gasteiger partial charge in [0.15, 0.2) is 17.5 Å². The lowest BCUT2D eigenvalue weighted by atomic mass is 10.3. The van der Waals surface area contributed by atoms with E-state index in [0.29, 0.717) is 18.3 Å². The van der Waals surface area contributed by atoms with Crippen LogP contribution in [0.25, 0.3) is 5.69 Å². The van der Waals surface area contributed by atoms with E-state index in [0.717, 1.165) is 12.6 Å². The fourth-order valence-electron chi connectivity index (χ4n) is 1.53. The second kappa shape index (κ2) is 5.22. The first-order valence-electron chi connectivity index (χ1n) is 5.52. The molecule has 0 bridgehead atoms. The van der Waals surface area contributed by atoms with Crippen LogP contribution in [0.2, 0.25) is 0 Å². The van der Waals surface area contributed by atoms with Gasteiger partial charge in [-0.2, -0.15) is 5.10 Å². The Labute approximate surface area is 102 Å². The van der Waals surface area contributed by atoms with Gasteiger partial charge in [-0.15, -0.1) is 0 Å². The van der Waals surface area contributed by atoms with Crippen LogP contribution in [0.15, 0.2) is 24.4 Å². The third-order valence-corrected chi connectivity index (χ3v) is 2.44. The molecule has 2 rings (SSSR count). The van der Waals surface area contributed by atoms with Crippen LogP contribution in [0.3, 0.4) is 0 Å². The summed E-state index contributed by atoms with van der Waals surface area (Å²) in [5, 5.41) is 7.14. The predicted molar refractivity (Wildman–Crippen MR) is 60.8 cm³/mol. The third-order valence-electron chi connectivity index (χ3n) is 2.44. The van der Waals surface area contributed by atoms with E-state index in [1.54, 1.807) is 6.07 Å². The molecule has 0 aliphatic rings. The first-order chi connectivity index (χ1) is 8.61. The van der Waals surface area contributed by atoms with Crippen molar-refractivity contribution in [1.29, 1.82) is 0 Å². The van der Waals surface area contributed by atoms with Crippen LogP contribution in [0.5, 0.6) is 0 Å². The molecule has 96 valence electrons. The van der Waals surface area contributed by atoms with E-state index < -0.39 is 17.5 Å². The standard InChI is InChI=1S/C12H12F3N3/c1-2-16-7-8-3-4-18(17-8)12-6-10(14)9(13)5-11(12)15/h3-6,16H,2,7H2,1H3. The normalized spacial score (nSPS) is 10.9. The highest BCUT2D eigenvalue weighted by atomic mass is 19.2. The van der Waals surface area contributed by atoms with Gasteiger partial charge in [0.25, 0.3) is 0 Å². The molecule has 1 aromatic heterocycles. The molecule has 0 spiro atoms. The van der Waals surface area contributed by atoms with Crippen LogP contribution in [0, 0.1) is 17.5 Å². The highest BCUT2D eigenvalue weighted by molar-refractivity contribution is 5.34. The minimum absolute atomic E-state index is 0.114. The topological polar surface area (TPSA) is 29.9 Å². The van der Waals surface area contributed by atoms with Crippen molar-refractivity contribution in [3.63, 3.8) is 0 Å². The van der Waals surface area contributed by atoms with Crippen molar-refractivity contribution in [2.75, 3.05) is 6.54 Å². The first kappa shape index (κ1) is 12.6. The average molecular weight is 255 g/mol. The van der Waals surface area contributed by atoms with E-state index in [-0.39, 0.29) is 5.69 Å². The van der Waals surface area contributed by atoms with Gasteiger partial charge in [-0.3, -0.25) is 0 Å².